The van der Waals surface area contributed by atoms with Gasteiger partial charge in [-0.05, 0) is 37.6 Å². The van der Waals surface area contributed by atoms with Crippen molar-refractivity contribution in [3.63, 3.8) is 0 Å². The van der Waals surface area contributed by atoms with Crippen molar-refractivity contribution in [2.45, 2.75) is 32.7 Å². The number of aryl methyl sites for hydroxylation is 2. The minimum absolute atomic E-state index is 0.0153. The van der Waals surface area contributed by atoms with Gasteiger partial charge in [0.1, 0.15) is 5.01 Å². The summed E-state index contributed by atoms with van der Waals surface area (Å²) >= 11 is 1.29. The van der Waals surface area contributed by atoms with E-state index in [1.807, 2.05) is 31.2 Å². The van der Waals surface area contributed by atoms with Crippen LogP contribution in [0.1, 0.15) is 37.6 Å². The van der Waals surface area contributed by atoms with Crippen LogP contribution >= 0.6 is 11.3 Å². The van der Waals surface area contributed by atoms with Crippen LogP contribution in [0, 0.1) is 13.8 Å². The summed E-state index contributed by atoms with van der Waals surface area (Å²) in [6, 6.07) is 8.33. The monoisotopic (exact) mass is 458 g/mol. The third-order valence-corrected chi connectivity index (χ3v) is 5.72. The second kappa shape index (κ2) is 8.33. The predicted octanol–water partition coefficient (Wildman–Crippen LogP) is 6.39. The molecule has 0 aliphatic rings. The number of amides is 1. The van der Waals surface area contributed by atoms with Gasteiger partial charge in [-0.15, -0.1) is 11.3 Å². The number of nitrogens with zero attached hydrogens (tertiary/aromatic N) is 1. The van der Waals surface area contributed by atoms with Crippen molar-refractivity contribution in [1.82, 2.24) is 10.3 Å². The van der Waals surface area contributed by atoms with E-state index in [0.717, 1.165) is 11.1 Å². The molecule has 0 bridgehead atoms. The first kappa shape index (κ1) is 22.8. The number of hydrogen-bond acceptors (Lipinski definition) is 3. The molecule has 0 radical (unpaired) electrons. The summed E-state index contributed by atoms with van der Waals surface area (Å²) in [6.45, 7) is 3.55. The number of rotatable bonds is 4. The van der Waals surface area contributed by atoms with Crippen LogP contribution in [0.4, 0.5) is 26.3 Å². The topological polar surface area (TPSA) is 42.0 Å². The van der Waals surface area contributed by atoms with Gasteiger partial charge in [-0.25, -0.2) is 4.98 Å². The lowest BCUT2D eigenvalue weighted by molar-refractivity contribution is -0.143. The SMILES string of the molecule is Cc1ccccc1-c1nc(C)c(CNC(=O)c2cc(C(F)(F)F)cc(C(F)(F)F)c2)s1. The second-order valence-corrected chi connectivity index (χ2v) is 7.90. The lowest BCUT2D eigenvalue weighted by atomic mass is 10.0. The first-order chi connectivity index (χ1) is 14.4. The van der Waals surface area contributed by atoms with Gasteiger partial charge in [0.25, 0.3) is 5.91 Å². The average Bonchev–Trinajstić information content (AvgIpc) is 3.05. The Labute approximate surface area is 177 Å². The van der Waals surface area contributed by atoms with Crippen LogP contribution in [0.5, 0.6) is 0 Å². The van der Waals surface area contributed by atoms with E-state index in [4.69, 9.17) is 0 Å². The summed E-state index contributed by atoms with van der Waals surface area (Å²) < 4.78 is 78.0. The molecule has 1 N–H and O–H groups in total. The van der Waals surface area contributed by atoms with Gasteiger partial charge in [0.15, 0.2) is 0 Å². The third kappa shape index (κ3) is 5.25. The molecule has 2 aromatic carbocycles. The van der Waals surface area contributed by atoms with Gasteiger partial charge in [0.2, 0.25) is 0 Å². The first-order valence-electron chi connectivity index (χ1n) is 8.96. The summed E-state index contributed by atoms with van der Waals surface area (Å²) in [5, 5.41) is 3.10. The van der Waals surface area contributed by atoms with E-state index in [2.05, 4.69) is 10.3 Å². The van der Waals surface area contributed by atoms with E-state index in [-0.39, 0.29) is 12.6 Å². The van der Waals surface area contributed by atoms with Crippen molar-refractivity contribution in [3.8, 4) is 10.6 Å². The molecule has 0 atom stereocenters. The van der Waals surface area contributed by atoms with E-state index in [0.29, 0.717) is 27.7 Å². The summed E-state index contributed by atoms with van der Waals surface area (Å²) in [4.78, 5) is 17.5. The second-order valence-electron chi connectivity index (χ2n) is 6.82. The number of nitrogens with one attached hydrogen (secondary N) is 1. The number of carbonyl (C=O) groups excluding carboxylic acids is 1. The Kier molecular flexibility index (Phi) is 6.13. The molecule has 0 spiro atoms. The maximum absolute atomic E-state index is 13.0. The number of alkyl halides is 6. The zero-order valence-electron chi connectivity index (χ0n) is 16.3. The average molecular weight is 458 g/mol. The molecule has 3 aromatic rings. The van der Waals surface area contributed by atoms with Gasteiger partial charge in [-0.2, -0.15) is 26.3 Å². The van der Waals surface area contributed by atoms with Crippen LogP contribution < -0.4 is 5.32 Å². The summed E-state index contributed by atoms with van der Waals surface area (Å²) in [5.74, 6) is -1.04. The fraction of sp³-hybridized carbons (Fsp3) is 0.238. The van der Waals surface area contributed by atoms with Crippen LogP contribution in [0.2, 0.25) is 0 Å². The molecular formula is C21H16F6N2OS. The van der Waals surface area contributed by atoms with E-state index >= 15 is 0 Å². The van der Waals surface area contributed by atoms with Crippen LogP contribution in [0.15, 0.2) is 42.5 Å². The van der Waals surface area contributed by atoms with Gasteiger partial charge in [-0.1, -0.05) is 24.3 Å². The molecular weight excluding hydrogens is 442 g/mol. The Bertz CT molecular complexity index is 1090. The number of hydrogen-bond donors (Lipinski definition) is 1. The minimum atomic E-state index is -5.02. The lowest BCUT2D eigenvalue weighted by Crippen LogP contribution is -2.24. The maximum Gasteiger partial charge on any atom is 0.416 e. The van der Waals surface area contributed by atoms with Crippen molar-refractivity contribution < 1.29 is 31.1 Å². The van der Waals surface area contributed by atoms with E-state index < -0.39 is 35.0 Å². The first-order valence-corrected chi connectivity index (χ1v) is 9.78. The Balaban J connectivity index is 1.84. The largest absolute Gasteiger partial charge is 0.416 e. The zero-order chi connectivity index (χ0) is 23.0. The summed E-state index contributed by atoms with van der Waals surface area (Å²) in [7, 11) is 0. The van der Waals surface area contributed by atoms with Crippen molar-refractivity contribution in [2.24, 2.45) is 0 Å². The van der Waals surface area contributed by atoms with E-state index in [9.17, 15) is 31.1 Å². The minimum Gasteiger partial charge on any atom is -0.347 e. The Hall–Kier alpha value is -2.88. The molecule has 0 fully saturated rings. The zero-order valence-corrected chi connectivity index (χ0v) is 17.1. The highest BCUT2D eigenvalue weighted by molar-refractivity contribution is 7.15. The van der Waals surface area contributed by atoms with Crippen molar-refractivity contribution in [2.75, 3.05) is 0 Å². The Morgan fingerprint density at radius 2 is 1.55 bits per heavy atom. The van der Waals surface area contributed by atoms with Crippen molar-refractivity contribution >= 4 is 17.2 Å². The molecule has 164 valence electrons. The number of halogens is 6. The standard InChI is InChI=1S/C21H16F6N2OS/c1-11-5-3-4-6-16(11)19-29-12(2)17(31-19)10-28-18(30)13-7-14(20(22,23)24)9-15(8-13)21(25,26)27/h3-9H,10H2,1-2H3,(H,28,30). The van der Waals surface area contributed by atoms with Crippen LogP contribution in [-0.2, 0) is 18.9 Å². The number of benzene rings is 2. The summed E-state index contributed by atoms with van der Waals surface area (Å²) in [5.41, 5.74) is -1.28. The molecule has 0 unspecified atom stereocenters. The smallest absolute Gasteiger partial charge is 0.347 e. The molecule has 1 heterocycles. The molecule has 10 heteroatoms. The molecule has 0 aliphatic heterocycles. The Morgan fingerprint density at radius 3 is 2.10 bits per heavy atom. The van der Waals surface area contributed by atoms with Crippen LogP contribution in [0.3, 0.4) is 0 Å². The van der Waals surface area contributed by atoms with Crippen molar-refractivity contribution in [3.05, 3.63) is 75.3 Å². The van der Waals surface area contributed by atoms with Gasteiger partial charge < -0.3 is 5.32 Å². The lowest BCUT2D eigenvalue weighted by Gasteiger charge is -2.14. The maximum atomic E-state index is 13.0. The molecule has 0 saturated carbocycles. The van der Waals surface area contributed by atoms with E-state index in [1.54, 1.807) is 6.92 Å². The fourth-order valence-corrected chi connectivity index (χ4v) is 3.96. The summed E-state index contributed by atoms with van der Waals surface area (Å²) in [6.07, 6.45) is -10.0. The van der Waals surface area contributed by atoms with E-state index in [1.165, 1.54) is 11.3 Å². The quantitative estimate of drug-likeness (QED) is 0.460. The molecule has 0 aliphatic carbocycles. The normalized spacial score (nSPS) is 12.1. The number of thiazole rings is 1. The molecule has 3 rings (SSSR count). The Morgan fingerprint density at radius 1 is 0.968 bits per heavy atom. The fourth-order valence-electron chi connectivity index (χ4n) is 2.87. The molecule has 3 nitrogen and oxygen atoms in total. The highest BCUT2D eigenvalue weighted by Gasteiger charge is 2.37. The van der Waals surface area contributed by atoms with Gasteiger partial charge in [0, 0.05) is 16.0 Å². The number of carbonyl (C=O) groups is 1. The van der Waals surface area contributed by atoms with Crippen LogP contribution in [-0.4, -0.2) is 10.9 Å². The highest BCUT2D eigenvalue weighted by Crippen LogP contribution is 2.36. The molecule has 1 aromatic heterocycles. The van der Waals surface area contributed by atoms with Crippen molar-refractivity contribution in [1.29, 1.82) is 0 Å². The third-order valence-electron chi connectivity index (χ3n) is 4.53. The molecule has 1 amide bonds. The number of aromatic nitrogens is 1. The van der Waals surface area contributed by atoms with Gasteiger partial charge in [0.05, 0.1) is 23.4 Å². The molecule has 0 saturated heterocycles. The van der Waals surface area contributed by atoms with Crippen LogP contribution in [0.25, 0.3) is 10.6 Å². The highest BCUT2D eigenvalue weighted by atomic mass is 32.1. The van der Waals surface area contributed by atoms with Gasteiger partial charge >= 0.3 is 12.4 Å². The molecule has 31 heavy (non-hydrogen) atoms. The van der Waals surface area contributed by atoms with Gasteiger partial charge in [-0.3, -0.25) is 4.79 Å². The predicted molar refractivity (Wildman–Crippen MR) is 105 cm³/mol.